The summed E-state index contributed by atoms with van der Waals surface area (Å²) in [5, 5.41) is 0. The van der Waals surface area contributed by atoms with Crippen LogP contribution in [0.5, 0.6) is 0 Å². The van der Waals surface area contributed by atoms with E-state index in [0.29, 0.717) is 30.8 Å². The van der Waals surface area contributed by atoms with Crippen molar-refractivity contribution in [3.63, 3.8) is 0 Å². The number of nitrogens with zero attached hydrogens (tertiary/aromatic N) is 2. The van der Waals surface area contributed by atoms with Gasteiger partial charge in [-0.25, -0.2) is 8.42 Å². The van der Waals surface area contributed by atoms with E-state index in [1.54, 1.807) is 12.1 Å². The molecule has 1 saturated heterocycles. The number of para-hydroxylation sites is 1. The van der Waals surface area contributed by atoms with E-state index in [1.807, 2.05) is 61.2 Å². The molecule has 1 fully saturated rings. The minimum atomic E-state index is -3.55. The van der Waals surface area contributed by atoms with Gasteiger partial charge in [0, 0.05) is 30.7 Å². The first-order chi connectivity index (χ1) is 14.5. The smallest absolute Gasteiger partial charge is 0.243 e. The predicted octanol–water partition coefficient (Wildman–Crippen LogP) is 4.83. The maximum absolute atomic E-state index is 13.3. The molecule has 3 rings (SSSR count). The molecule has 168 valence electrons. The van der Waals surface area contributed by atoms with Crippen molar-refractivity contribution in [2.45, 2.75) is 63.8 Å². The largest absolute Gasteiger partial charge is 0.310 e. The van der Waals surface area contributed by atoms with Crippen LogP contribution in [0, 0.1) is 5.92 Å². The molecule has 0 spiro atoms. The van der Waals surface area contributed by atoms with Crippen molar-refractivity contribution >= 4 is 21.6 Å². The summed E-state index contributed by atoms with van der Waals surface area (Å²) < 4.78 is 27.8. The molecule has 5 nitrogen and oxygen atoms in total. The summed E-state index contributed by atoms with van der Waals surface area (Å²) in [7, 11) is -3.55. The van der Waals surface area contributed by atoms with Crippen LogP contribution in [0.15, 0.2) is 59.5 Å². The molecule has 0 unspecified atom stereocenters. The van der Waals surface area contributed by atoms with Crippen LogP contribution >= 0.6 is 0 Å². The van der Waals surface area contributed by atoms with Gasteiger partial charge in [0.25, 0.3) is 0 Å². The maximum atomic E-state index is 13.3. The van der Waals surface area contributed by atoms with Crippen LogP contribution in [-0.2, 0) is 20.2 Å². The molecule has 0 atom stereocenters. The van der Waals surface area contributed by atoms with Gasteiger partial charge in [-0.15, -0.1) is 0 Å². The Kier molecular flexibility index (Phi) is 6.92. The molecule has 0 bridgehead atoms. The molecule has 1 heterocycles. The second-order valence-electron chi connectivity index (χ2n) is 9.59. The van der Waals surface area contributed by atoms with Crippen LogP contribution < -0.4 is 4.90 Å². The lowest BCUT2D eigenvalue weighted by molar-refractivity contribution is -0.123. The number of anilines is 1. The Morgan fingerprint density at radius 1 is 0.968 bits per heavy atom. The van der Waals surface area contributed by atoms with Crippen LogP contribution in [-0.4, -0.2) is 37.8 Å². The Balaban J connectivity index is 1.70. The SMILES string of the molecule is CC(C)N(C(=O)C1CCN(S(=O)(=O)c2ccc(C(C)(C)C)cc2)CC1)c1ccccc1. The monoisotopic (exact) mass is 442 g/mol. The van der Waals surface area contributed by atoms with Gasteiger partial charge < -0.3 is 4.90 Å². The van der Waals surface area contributed by atoms with Crippen LogP contribution in [0.2, 0.25) is 0 Å². The summed E-state index contributed by atoms with van der Waals surface area (Å²) >= 11 is 0. The fourth-order valence-corrected chi connectivity index (χ4v) is 5.55. The highest BCUT2D eigenvalue weighted by Crippen LogP contribution is 2.29. The van der Waals surface area contributed by atoms with E-state index in [1.165, 1.54) is 4.31 Å². The molecule has 1 aliphatic heterocycles. The number of carbonyl (C=O) groups excluding carboxylic acids is 1. The molecule has 2 aromatic rings. The topological polar surface area (TPSA) is 57.7 Å². The van der Waals surface area contributed by atoms with E-state index in [4.69, 9.17) is 0 Å². The summed E-state index contributed by atoms with van der Waals surface area (Å²) in [6, 6.07) is 16.9. The van der Waals surface area contributed by atoms with Gasteiger partial charge in [0.15, 0.2) is 0 Å². The van der Waals surface area contributed by atoms with Crippen molar-refractivity contribution in [1.82, 2.24) is 4.31 Å². The molecule has 0 radical (unpaired) electrons. The Bertz CT molecular complexity index is 985. The molecule has 31 heavy (non-hydrogen) atoms. The molecular weight excluding hydrogens is 408 g/mol. The van der Waals surface area contributed by atoms with E-state index in [2.05, 4.69) is 20.8 Å². The molecule has 0 aliphatic carbocycles. The van der Waals surface area contributed by atoms with Crippen LogP contribution in [0.1, 0.15) is 53.0 Å². The summed E-state index contributed by atoms with van der Waals surface area (Å²) in [5.74, 6) is -0.0925. The fraction of sp³-hybridized carbons (Fsp3) is 0.480. The number of carbonyl (C=O) groups is 1. The number of benzene rings is 2. The third-order valence-corrected chi connectivity index (χ3v) is 7.86. The second-order valence-corrected chi connectivity index (χ2v) is 11.5. The van der Waals surface area contributed by atoms with Crippen molar-refractivity contribution < 1.29 is 13.2 Å². The lowest BCUT2D eigenvalue weighted by Gasteiger charge is -2.35. The first-order valence-corrected chi connectivity index (χ1v) is 12.4. The number of amides is 1. The zero-order chi connectivity index (χ0) is 22.8. The minimum Gasteiger partial charge on any atom is -0.310 e. The minimum absolute atomic E-state index is 0.0258. The summed E-state index contributed by atoms with van der Waals surface area (Å²) in [6.07, 6.45) is 1.07. The van der Waals surface area contributed by atoms with Gasteiger partial charge in [-0.05, 0) is 61.9 Å². The van der Waals surface area contributed by atoms with Crippen LogP contribution in [0.3, 0.4) is 0 Å². The van der Waals surface area contributed by atoms with E-state index >= 15 is 0 Å². The van der Waals surface area contributed by atoms with Gasteiger partial charge in [-0.3, -0.25) is 4.79 Å². The average molecular weight is 443 g/mol. The van der Waals surface area contributed by atoms with E-state index in [0.717, 1.165) is 11.3 Å². The van der Waals surface area contributed by atoms with Gasteiger partial charge in [0.05, 0.1) is 4.90 Å². The van der Waals surface area contributed by atoms with Crippen molar-refractivity contribution in [3.05, 3.63) is 60.2 Å². The number of hydrogen-bond donors (Lipinski definition) is 0. The molecule has 2 aromatic carbocycles. The van der Waals surface area contributed by atoms with Crippen molar-refractivity contribution in [1.29, 1.82) is 0 Å². The predicted molar refractivity (Wildman–Crippen MR) is 126 cm³/mol. The van der Waals surface area contributed by atoms with Gasteiger partial charge in [0.2, 0.25) is 15.9 Å². The third kappa shape index (κ3) is 5.18. The first kappa shape index (κ1) is 23.5. The standard InChI is InChI=1S/C25H34N2O3S/c1-19(2)27(22-9-7-6-8-10-22)24(28)20-15-17-26(18-16-20)31(29,30)23-13-11-21(12-14-23)25(3,4)5/h6-14,19-20H,15-18H2,1-5H3. The lowest BCUT2D eigenvalue weighted by atomic mass is 9.87. The molecule has 0 aromatic heterocycles. The molecule has 0 saturated carbocycles. The zero-order valence-electron chi connectivity index (χ0n) is 19.2. The highest BCUT2D eigenvalue weighted by molar-refractivity contribution is 7.89. The average Bonchev–Trinajstić information content (AvgIpc) is 2.74. The third-order valence-electron chi connectivity index (χ3n) is 5.95. The summed E-state index contributed by atoms with van der Waals surface area (Å²) in [5.41, 5.74) is 1.96. The van der Waals surface area contributed by atoms with E-state index in [-0.39, 0.29) is 23.3 Å². The molecule has 6 heteroatoms. The van der Waals surface area contributed by atoms with Crippen LogP contribution in [0.4, 0.5) is 5.69 Å². The lowest BCUT2D eigenvalue weighted by Crippen LogP contribution is -2.46. The summed E-state index contributed by atoms with van der Waals surface area (Å²) in [4.78, 5) is 15.4. The molecule has 1 amide bonds. The van der Waals surface area contributed by atoms with E-state index < -0.39 is 10.0 Å². The van der Waals surface area contributed by atoms with Crippen molar-refractivity contribution in [3.8, 4) is 0 Å². The Morgan fingerprint density at radius 2 is 1.52 bits per heavy atom. The van der Waals surface area contributed by atoms with Crippen molar-refractivity contribution in [2.75, 3.05) is 18.0 Å². The quantitative estimate of drug-likeness (QED) is 0.667. The van der Waals surface area contributed by atoms with Gasteiger partial charge >= 0.3 is 0 Å². The highest BCUT2D eigenvalue weighted by Gasteiger charge is 2.35. The zero-order valence-corrected chi connectivity index (χ0v) is 20.0. The van der Waals surface area contributed by atoms with Gasteiger partial charge in [-0.2, -0.15) is 4.31 Å². The van der Waals surface area contributed by atoms with Crippen molar-refractivity contribution in [2.24, 2.45) is 5.92 Å². The number of hydrogen-bond acceptors (Lipinski definition) is 3. The van der Waals surface area contributed by atoms with Crippen LogP contribution in [0.25, 0.3) is 0 Å². The normalized spacial score (nSPS) is 16.5. The molecule has 1 aliphatic rings. The number of rotatable bonds is 5. The maximum Gasteiger partial charge on any atom is 0.243 e. The Labute approximate surface area is 187 Å². The highest BCUT2D eigenvalue weighted by atomic mass is 32.2. The van der Waals surface area contributed by atoms with Gasteiger partial charge in [0.1, 0.15) is 0 Å². The Morgan fingerprint density at radius 3 is 2.00 bits per heavy atom. The fourth-order valence-electron chi connectivity index (χ4n) is 4.08. The Hall–Kier alpha value is -2.18. The number of sulfonamides is 1. The van der Waals surface area contributed by atoms with Gasteiger partial charge in [-0.1, -0.05) is 51.1 Å². The number of piperidine rings is 1. The summed E-state index contributed by atoms with van der Waals surface area (Å²) in [6.45, 7) is 11.1. The molecular formula is C25H34N2O3S. The molecule has 0 N–H and O–H groups in total. The van der Waals surface area contributed by atoms with E-state index in [9.17, 15) is 13.2 Å². The first-order valence-electron chi connectivity index (χ1n) is 11.0. The second kappa shape index (κ2) is 9.13.